The third kappa shape index (κ3) is 1.35. The predicted molar refractivity (Wildman–Crippen MR) is 97.6 cm³/mol. The highest BCUT2D eigenvalue weighted by Crippen LogP contribution is 2.66. The summed E-state index contributed by atoms with van der Waals surface area (Å²) < 4.78 is 7.72. The first-order chi connectivity index (χ1) is 12.2. The molecular weight excluding hydrogens is 308 g/mol. The van der Waals surface area contributed by atoms with Crippen LogP contribution in [0.1, 0.15) is 24.8 Å². The number of hydrogen-bond acceptors (Lipinski definition) is 2. The van der Waals surface area contributed by atoms with Crippen LogP contribution in [0.15, 0.2) is 35.9 Å². The van der Waals surface area contributed by atoms with Crippen LogP contribution in [0, 0.1) is 11.8 Å². The Balaban J connectivity index is 1.55. The van der Waals surface area contributed by atoms with Gasteiger partial charge in [0.2, 0.25) is 0 Å². The van der Waals surface area contributed by atoms with Crippen molar-refractivity contribution in [3.63, 3.8) is 0 Å². The zero-order chi connectivity index (χ0) is 16.4. The highest BCUT2D eigenvalue weighted by atomic mass is 16.5. The molecule has 3 heteroatoms. The quantitative estimate of drug-likeness (QED) is 0.534. The maximum Gasteiger partial charge on any atom is 0.102 e. The van der Waals surface area contributed by atoms with Crippen LogP contribution < -0.4 is 4.90 Å². The fraction of sp³-hybridized carbons (Fsp3) is 0.636. The SMILES string of the molecule is C[N+]12CC[C@@]34c5ccccc5N5CC[C@@H]6OCC=C(C1)[C@H](C[C@@H]32)[C@@H]6[C@H]54. The molecule has 25 heavy (non-hydrogen) atoms. The molecule has 130 valence electrons. The number of anilines is 1. The molecule has 0 amide bonds. The minimum absolute atomic E-state index is 0.379. The number of para-hydroxylation sites is 1. The van der Waals surface area contributed by atoms with Crippen LogP contribution in [0.3, 0.4) is 0 Å². The fourth-order valence-corrected chi connectivity index (χ4v) is 8.31. The molecule has 1 aromatic rings. The molecule has 1 saturated carbocycles. The molecule has 1 aromatic carbocycles. The molecule has 1 spiro atoms. The molecule has 0 N–H and O–H groups in total. The van der Waals surface area contributed by atoms with Gasteiger partial charge >= 0.3 is 0 Å². The molecule has 5 heterocycles. The van der Waals surface area contributed by atoms with Crippen LogP contribution in [0.2, 0.25) is 0 Å². The van der Waals surface area contributed by atoms with E-state index in [1.54, 1.807) is 16.8 Å². The van der Waals surface area contributed by atoms with Crippen molar-refractivity contribution in [1.82, 2.24) is 0 Å². The third-order valence-corrected chi connectivity index (χ3v) is 9.03. The van der Waals surface area contributed by atoms with Gasteiger partial charge in [0.15, 0.2) is 0 Å². The fourth-order valence-electron chi connectivity index (χ4n) is 8.31. The Morgan fingerprint density at radius 1 is 1.28 bits per heavy atom. The van der Waals surface area contributed by atoms with E-state index in [4.69, 9.17) is 4.74 Å². The van der Waals surface area contributed by atoms with E-state index in [1.165, 1.54) is 43.4 Å². The van der Waals surface area contributed by atoms with Crippen molar-refractivity contribution in [2.75, 3.05) is 38.2 Å². The van der Waals surface area contributed by atoms with Gasteiger partial charge in [0, 0.05) is 31.0 Å². The number of fused-ring (bicyclic) bond motifs is 2. The summed E-state index contributed by atoms with van der Waals surface area (Å²) in [5, 5.41) is 0. The van der Waals surface area contributed by atoms with E-state index in [1.807, 2.05) is 0 Å². The summed E-state index contributed by atoms with van der Waals surface area (Å²) in [5.41, 5.74) is 5.36. The molecule has 7 atom stereocenters. The molecule has 0 radical (unpaired) electrons. The van der Waals surface area contributed by atoms with Gasteiger partial charge in [0.25, 0.3) is 0 Å². The molecule has 4 fully saturated rings. The van der Waals surface area contributed by atoms with Gasteiger partial charge in [-0.3, -0.25) is 0 Å². The lowest BCUT2D eigenvalue weighted by Crippen LogP contribution is -2.71. The Labute approximate surface area is 149 Å². The van der Waals surface area contributed by atoms with Crippen molar-refractivity contribution in [3.05, 3.63) is 41.5 Å². The van der Waals surface area contributed by atoms with E-state index < -0.39 is 0 Å². The second kappa shape index (κ2) is 4.15. The van der Waals surface area contributed by atoms with Gasteiger partial charge in [0.05, 0.1) is 37.8 Å². The zero-order valence-electron chi connectivity index (χ0n) is 15.0. The second-order valence-electron chi connectivity index (χ2n) is 9.68. The van der Waals surface area contributed by atoms with E-state index in [-0.39, 0.29) is 0 Å². The van der Waals surface area contributed by atoms with Crippen molar-refractivity contribution in [1.29, 1.82) is 0 Å². The number of hydrogen-bond donors (Lipinski definition) is 0. The number of rotatable bonds is 0. The van der Waals surface area contributed by atoms with Crippen LogP contribution in [0.4, 0.5) is 5.69 Å². The molecule has 7 rings (SSSR count). The molecule has 3 nitrogen and oxygen atoms in total. The van der Waals surface area contributed by atoms with Gasteiger partial charge in [-0.15, -0.1) is 0 Å². The average Bonchev–Trinajstić information content (AvgIpc) is 3.04. The van der Waals surface area contributed by atoms with E-state index in [0.717, 1.165) is 18.6 Å². The number of nitrogens with zero attached hydrogens (tertiary/aromatic N) is 2. The lowest BCUT2D eigenvalue weighted by atomic mass is 9.53. The van der Waals surface area contributed by atoms with E-state index >= 15 is 0 Å². The lowest BCUT2D eigenvalue weighted by molar-refractivity contribution is -0.925. The van der Waals surface area contributed by atoms with E-state index in [9.17, 15) is 0 Å². The smallest absolute Gasteiger partial charge is 0.102 e. The Hall–Kier alpha value is -1.32. The summed E-state index contributed by atoms with van der Waals surface area (Å²) >= 11 is 0. The Bertz CT molecular complexity index is 818. The van der Waals surface area contributed by atoms with Gasteiger partial charge in [0.1, 0.15) is 12.6 Å². The zero-order valence-corrected chi connectivity index (χ0v) is 15.0. The van der Waals surface area contributed by atoms with Crippen molar-refractivity contribution in [2.24, 2.45) is 11.8 Å². The lowest BCUT2D eigenvalue weighted by Gasteiger charge is -2.60. The number of quaternary nitrogens is 1. The highest BCUT2D eigenvalue weighted by molar-refractivity contribution is 5.67. The van der Waals surface area contributed by atoms with E-state index in [2.05, 4.69) is 42.3 Å². The van der Waals surface area contributed by atoms with Crippen molar-refractivity contribution >= 4 is 5.69 Å². The summed E-state index contributed by atoms with van der Waals surface area (Å²) in [6.07, 6.45) is 6.92. The van der Waals surface area contributed by atoms with Crippen LogP contribution >= 0.6 is 0 Å². The number of benzene rings is 1. The minimum Gasteiger partial charge on any atom is -0.374 e. The summed E-state index contributed by atoms with van der Waals surface area (Å²) in [6, 6.07) is 10.9. The molecular formula is C22H27N2O+. The van der Waals surface area contributed by atoms with Crippen LogP contribution in [0.5, 0.6) is 0 Å². The Kier molecular flexibility index (Phi) is 2.30. The standard InChI is InChI=1S/C22H27N2O/c1-24-10-8-22-16-4-2-3-5-17(16)23-9-6-18-20(21(22)23)15(12-19(22)24)14(13-24)7-11-25-18/h2-5,7,15,18-21H,6,8-13H2,1H3/q+1/t15-,18-,19-,20-,21-,22+,24?/m0/s1. The summed E-state index contributed by atoms with van der Waals surface area (Å²) in [4.78, 5) is 2.82. The highest BCUT2D eigenvalue weighted by Gasteiger charge is 2.74. The average molecular weight is 335 g/mol. The van der Waals surface area contributed by atoms with Gasteiger partial charge in [-0.1, -0.05) is 24.3 Å². The minimum atomic E-state index is 0.379. The topological polar surface area (TPSA) is 12.5 Å². The molecule has 2 bridgehead atoms. The first-order valence-corrected chi connectivity index (χ1v) is 10.2. The molecule has 1 aliphatic carbocycles. The number of ether oxygens (including phenoxy) is 1. The van der Waals surface area contributed by atoms with Gasteiger partial charge in [-0.25, -0.2) is 0 Å². The monoisotopic (exact) mass is 335 g/mol. The van der Waals surface area contributed by atoms with Crippen molar-refractivity contribution in [3.8, 4) is 0 Å². The van der Waals surface area contributed by atoms with E-state index in [0.29, 0.717) is 23.5 Å². The maximum absolute atomic E-state index is 6.44. The predicted octanol–water partition coefficient (Wildman–Crippen LogP) is 2.71. The van der Waals surface area contributed by atoms with Crippen molar-refractivity contribution in [2.45, 2.75) is 42.9 Å². The van der Waals surface area contributed by atoms with Gasteiger partial charge < -0.3 is 14.1 Å². The summed E-state index contributed by atoms with van der Waals surface area (Å²) in [5.74, 6) is 1.48. The molecule has 5 aliphatic heterocycles. The normalized spacial score (nSPS) is 51.0. The molecule has 6 aliphatic rings. The first kappa shape index (κ1) is 13.8. The van der Waals surface area contributed by atoms with Crippen molar-refractivity contribution < 1.29 is 9.22 Å². The van der Waals surface area contributed by atoms with Crippen LogP contribution in [0.25, 0.3) is 0 Å². The Morgan fingerprint density at radius 2 is 2.20 bits per heavy atom. The van der Waals surface area contributed by atoms with Gasteiger partial charge in [-0.05, 0) is 29.5 Å². The number of piperidine rings is 2. The van der Waals surface area contributed by atoms with Crippen LogP contribution in [-0.4, -0.2) is 56.0 Å². The molecule has 1 unspecified atom stereocenters. The molecule has 0 aromatic heterocycles. The third-order valence-electron chi connectivity index (χ3n) is 9.03. The summed E-state index contributed by atoms with van der Waals surface area (Å²) in [6.45, 7) is 4.66. The second-order valence-corrected chi connectivity index (χ2v) is 9.68. The first-order valence-electron chi connectivity index (χ1n) is 10.2. The summed E-state index contributed by atoms with van der Waals surface area (Å²) in [7, 11) is 2.55. The maximum atomic E-state index is 6.44. The number of likely N-dealkylation sites (N-methyl/N-ethyl adjacent to an activating group) is 1. The van der Waals surface area contributed by atoms with Gasteiger partial charge in [-0.2, -0.15) is 0 Å². The van der Waals surface area contributed by atoms with Crippen LogP contribution in [-0.2, 0) is 10.2 Å². The largest absolute Gasteiger partial charge is 0.374 e. The molecule has 3 saturated heterocycles. The Morgan fingerprint density at radius 3 is 3.16 bits per heavy atom.